The Labute approximate surface area is 173 Å². The van der Waals surface area contributed by atoms with Gasteiger partial charge in [-0.1, -0.05) is 42.0 Å². The molecule has 3 aromatic rings. The third-order valence-corrected chi connectivity index (χ3v) is 7.62. The lowest BCUT2D eigenvalue weighted by Crippen LogP contribution is -2.09. The number of rotatable bonds is 6. The van der Waals surface area contributed by atoms with Crippen molar-refractivity contribution in [1.29, 1.82) is 0 Å². The van der Waals surface area contributed by atoms with Crippen LogP contribution < -0.4 is 0 Å². The molecule has 0 spiro atoms. The molecule has 0 saturated carbocycles. The number of sulfone groups is 1. The highest BCUT2D eigenvalue weighted by molar-refractivity contribution is 7.90. The zero-order valence-electron chi connectivity index (χ0n) is 16.2. The molecule has 0 fully saturated rings. The number of hydrogen-bond donors (Lipinski definition) is 1. The summed E-state index contributed by atoms with van der Waals surface area (Å²) in [5, 5.41) is 9.57. The van der Waals surface area contributed by atoms with E-state index in [1.165, 1.54) is 6.92 Å². The molecule has 0 unspecified atom stereocenters. The minimum Gasteiger partial charge on any atom is -0.477 e. The third kappa shape index (κ3) is 4.46. The normalized spacial score (nSPS) is 11.4. The molecule has 0 aliphatic rings. The van der Waals surface area contributed by atoms with Crippen molar-refractivity contribution in [3.63, 3.8) is 0 Å². The SMILES string of the molecule is CC(=O)c1ccc(-c2cc(CS(=O)(=O)c3ccc(C)cc3C)c(C(=O)O)s2)cc1. The van der Waals surface area contributed by atoms with E-state index in [0.29, 0.717) is 16.0 Å². The van der Waals surface area contributed by atoms with Gasteiger partial charge in [0.2, 0.25) is 0 Å². The Balaban J connectivity index is 2.01. The van der Waals surface area contributed by atoms with Crippen LogP contribution in [-0.4, -0.2) is 25.3 Å². The molecular formula is C22H20O5S2. The van der Waals surface area contributed by atoms with Gasteiger partial charge in [-0.25, -0.2) is 13.2 Å². The van der Waals surface area contributed by atoms with E-state index in [-0.39, 0.29) is 26.9 Å². The first-order valence-corrected chi connectivity index (χ1v) is 11.3. The number of carbonyl (C=O) groups is 2. The van der Waals surface area contributed by atoms with Crippen LogP contribution in [0.15, 0.2) is 53.4 Å². The van der Waals surface area contributed by atoms with Crippen LogP contribution in [-0.2, 0) is 15.6 Å². The first-order valence-electron chi connectivity index (χ1n) is 8.86. The molecule has 1 heterocycles. The minimum absolute atomic E-state index is 0.00369. The van der Waals surface area contributed by atoms with E-state index >= 15 is 0 Å². The summed E-state index contributed by atoms with van der Waals surface area (Å²) in [6, 6.07) is 13.5. The molecule has 1 N–H and O–H groups in total. The topological polar surface area (TPSA) is 88.5 Å². The minimum atomic E-state index is -3.70. The number of aromatic carboxylic acids is 1. The van der Waals surface area contributed by atoms with Crippen molar-refractivity contribution in [2.24, 2.45) is 0 Å². The molecular weight excluding hydrogens is 408 g/mol. The van der Waals surface area contributed by atoms with Crippen LogP contribution in [0.4, 0.5) is 0 Å². The molecule has 5 nitrogen and oxygen atoms in total. The molecule has 29 heavy (non-hydrogen) atoms. The first kappa shape index (κ1) is 21.0. The summed E-state index contributed by atoms with van der Waals surface area (Å²) < 4.78 is 25.9. The van der Waals surface area contributed by atoms with Gasteiger partial charge in [-0.2, -0.15) is 0 Å². The average molecular weight is 429 g/mol. The van der Waals surface area contributed by atoms with Crippen LogP contribution in [0.25, 0.3) is 10.4 Å². The monoisotopic (exact) mass is 428 g/mol. The van der Waals surface area contributed by atoms with Crippen LogP contribution in [0.3, 0.4) is 0 Å². The lowest BCUT2D eigenvalue weighted by Gasteiger charge is -2.08. The van der Waals surface area contributed by atoms with Gasteiger partial charge in [0, 0.05) is 10.4 Å². The van der Waals surface area contributed by atoms with E-state index in [1.807, 2.05) is 6.92 Å². The summed E-state index contributed by atoms with van der Waals surface area (Å²) in [6.07, 6.45) is 0. The lowest BCUT2D eigenvalue weighted by molar-refractivity contribution is 0.0701. The van der Waals surface area contributed by atoms with Crippen LogP contribution in [0.2, 0.25) is 0 Å². The Bertz CT molecular complexity index is 1200. The van der Waals surface area contributed by atoms with Gasteiger partial charge in [-0.05, 0) is 49.6 Å². The number of hydrogen-bond acceptors (Lipinski definition) is 5. The molecule has 0 radical (unpaired) electrons. The quantitative estimate of drug-likeness (QED) is 0.564. The van der Waals surface area contributed by atoms with Crippen molar-refractivity contribution < 1.29 is 23.1 Å². The fourth-order valence-electron chi connectivity index (χ4n) is 3.16. The maximum absolute atomic E-state index is 12.9. The summed E-state index contributed by atoms with van der Waals surface area (Å²) in [5.41, 5.74) is 3.14. The smallest absolute Gasteiger partial charge is 0.346 e. The Morgan fingerprint density at radius 1 is 1.00 bits per heavy atom. The summed E-state index contributed by atoms with van der Waals surface area (Å²) in [5.74, 6) is -1.61. The highest BCUT2D eigenvalue weighted by atomic mass is 32.2. The van der Waals surface area contributed by atoms with Gasteiger partial charge in [0.15, 0.2) is 15.6 Å². The Morgan fingerprint density at radius 2 is 1.66 bits per heavy atom. The lowest BCUT2D eigenvalue weighted by atomic mass is 10.1. The maximum atomic E-state index is 12.9. The van der Waals surface area contributed by atoms with Crippen LogP contribution >= 0.6 is 11.3 Å². The van der Waals surface area contributed by atoms with Gasteiger partial charge in [0.05, 0.1) is 10.6 Å². The van der Waals surface area contributed by atoms with E-state index in [4.69, 9.17) is 0 Å². The first-order chi connectivity index (χ1) is 13.6. The molecule has 3 rings (SSSR count). The molecule has 0 aliphatic carbocycles. The van der Waals surface area contributed by atoms with Gasteiger partial charge in [0.25, 0.3) is 0 Å². The van der Waals surface area contributed by atoms with E-state index < -0.39 is 15.8 Å². The molecule has 1 aromatic heterocycles. The number of carboxylic acid groups (broad SMARTS) is 1. The van der Waals surface area contributed by atoms with E-state index in [9.17, 15) is 23.1 Å². The summed E-state index contributed by atoms with van der Waals surface area (Å²) in [4.78, 5) is 24.0. The van der Waals surface area contributed by atoms with E-state index in [0.717, 1.165) is 22.5 Å². The van der Waals surface area contributed by atoms with Gasteiger partial charge >= 0.3 is 5.97 Å². The fourth-order valence-corrected chi connectivity index (χ4v) is 5.89. The van der Waals surface area contributed by atoms with Crippen molar-refractivity contribution in [3.8, 4) is 10.4 Å². The summed E-state index contributed by atoms with van der Waals surface area (Å²) in [7, 11) is -3.70. The molecule has 0 atom stereocenters. The number of Topliss-reactive ketones (excluding diaryl/α,β-unsaturated/α-hetero) is 1. The van der Waals surface area contributed by atoms with Gasteiger partial charge in [-0.15, -0.1) is 11.3 Å². The second kappa shape index (κ2) is 7.93. The molecule has 0 aliphatic heterocycles. The molecule has 0 bridgehead atoms. The number of carbonyl (C=O) groups excluding carboxylic acids is 1. The zero-order chi connectivity index (χ0) is 21.3. The second-order valence-electron chi connectivity index (χ2n) is 6.93. The molecule has 2 aromatic carbocycles. The number of aryl methyl sites for hydroxylation is 2. The van der Waals surface area contributed by atoms with Gasteiger partial charge < -0.3 is 5.11 Å². The number of thiophene rings is 1. The average Bonchev–Trinajstić information content (AvgIpc) is 3.04. The number of carboxylic acids is 1. The highest BCUT2D eigenvalue weighted by Gasteiger charge is 2.24. The van der Waals surface area contributed by atoms with Crippen molar-refractivity contribution in [2.45, 2.75) is 31.4 Å². The van der Waals surface area contributed by atoms with E-state index in [1.54, 1.807) is 55.5 Å². The van der Waals surface area contributed by atoms with Crippen LogP contribution in [0.1, 0.15) is 43.6 Å². The predicted molar refractivity (Wildman–Crippen MR) is 114 cm³/mol. The highest BCUT2D eigenvalue weighted by Crippen LogP contribution is 2.34. The Hall–Kier alpha value is -2.77. The van der Waals surface area contributed by atoms with Crippen LogP contribution in [0, 0.1) is 13.8 Å². The molecule has 150 valence electrons. The van der Waals surface area contributed by atoms with Crippen molar-refractivity contribution in [2.75, 3.05) is 0 Å². The van der Waals surface area contributed by atoms with Gasteiger partial charge in [0.1, 0.15) is 4.88 Å². The summed E-state index contributed by atoms with van der Waals surface area (Å²) in [6.45, 7) is 5.08. The molecule has 7 heteroatoms. The van der Waals surface area contributed by atoms with E-state index in [2.05, 4.69) is 0 Å². The second-order valence-corrected chi connectivity index (χ2v) is 9.94. The van der Waals surface area contributed by atoms with Crippen molar-refractivity contribution in [1.82, 2.24) is 0 Å². The largest absolute Gasteiger partial charge is 0.477 e. The number of ketones is 1. The fraction of sp³-hybridized carbons (Fsp3) is 0.182. The molecule has 0 amide bonds. The predicted octanol–water partition coefficient (Wildman–Crippen LogP) is 4.91. The molecule has 0 saturated heterocycles. The van der Waals surface area contributed by atoms with Crippen molar-refractivity contribution in [3.05, 3.63) is 75.7 Å². The Morgan fingerprint density at radius 3 is 2.21 bits per heavy atom. The van der Waals surface area contributed by atoms with Crippen LogP contribution in [0.5, 0.6) is 0 Å². The zero-order valence-corrected chi connectivity index (χ0v) is 17.9. The van der Waals surface area contributed by atoms with Gasteiger partial charge in [-0.3, -0.25) is 4.79 Å². The standard InChI is InChI=1S/C22H20O5S2/c1-13-4-9-20(14(2)10-13)29(26,27)12-18-11-19(28-21(18)22(24)25)17-7-5-16(6-8-17)15(3)23/h4-11H,12H2,1-3H3,(H,24,25). The van der Waals surface area contributed by atoms with Crippen molar-refractivity contribution >= 4 is 32.9 Å². The number of benzene rings is 2. The third-order valence-electron chi connectivity index (χ3n) is 4.59. The maximum Gasteiger partial charge on any atom is 0.346 e. The Kier molecular flexibility index (Phi) is 5.73. The summed E-state index contributed by atoms with van der Waals surface area (Å²) >= 11 is 1.03.